The van der Waals surface area contributed by atoms with Crippen molar-refractivity contribution in [2.24, 2.45) is 5.73 Å². The standard InChI is InChI=1S/C23H31N5O2S/c1-26(2)20-18(6-7-19(25-20)17-8-15-31-16-17)21(29)27-13-9-23(10-14-27,22(24)30)28-11-4-3-5-12-28/h6-8,15-16H,3-5,9-14H2,1-2H3,(H2,24,30). The molecule has 4 heterocycles. The zero-order valence-corrected chi connectivity index (χ0v) is 19.2. The number of aromatic nitrogens is 1. The van der Waals surface area contributed by atoms with Crippen molar-refractivity contribution in [3.63, 3.8) is 0 Å². The largest absolute Gasteiger partial charge is 0.368 e. The maximum Gasteiger partial charge on any atom is 0.257 e. The van der Waals surface area contributed by atoms with Crippen molar-refractivity contribution < 1.29 is 9.59 Å². The highest BCUT2D eigenvalue weighted by Crippen LogP contribution is 2.33. The van der Waals surface area contributed by atoms with Crippen molar-refractivity contribution >= 4 is 29.0 Å². The molecule has 2 amide bonds. The highest BCUT2D eigenvalue weighted by atomic mass is 32.1. The molecule has 0 atom stereocenters. The van der Waals surface area contributed by atoms with Gasteiger partial charge in [-0.15, -0.1) is 0 Å². The summed E-state index contributed by atoms with van der Waals surface area (Å²) < 4.78 is 0. The summed E-state index contributed by atoms with van der Waals surface area (Å²) in [6.07, 6.45) is 4.59. The molecule has 0 saturated carbocycles. The summed E-state index contributed by atoms with van der Waals surface area (Å²) >= 11 is 1.63. The average molecular weight is 442 g/mol. The number of carbonyl (C=O) groups excluding carboxylic acids is 2. The lowest BCUT2D eigenvalue weighted by atomic mass is 9.83. The number of primary amides is 1. The monoisotopic (exact) mass is 441 g/mol. The van der Waals surface area contributed by atoms with Crippen molar-refractivity contribution in [2.45, 2.75) is 37.6 Å². The molecule has 2 aliphatic heterocycles. The zero-order chi connectivity index (χ0) is 22.0. The van der Waals surface area contributed by atoms with Crippen LogP contribution < -0.4 is 10.6 Å². The summed E-state index contributed by atoms with van der Waals surface area (Å²) in [4.78, 5) is 36.6. The SMILES string of the molecule is CN(C)c1nc(-c2ccsc2)ccc1C(=O)N1CCC(C(N)=O)(N2CCCCC2)CC1. The van der Waals surface area contributed by atoms with Crippen LogP contribution in [0.1, 0.15) is 42.5 Å². The molecule has 2 aromatic rings. The van der Waals surface area contributed by atoms with Gasteiger partial charge in [-0.3, -0.25) is 14.5 Å². The van der Waals surface area contributed by atoms with Crippen molar-refractivity contribution in [2.75, 3.05) is 45.2 Å². The number of piperidine rings is 2. The Kier molecular flexibility index (Phi) is 6.29. The molecule has 0 unspecified atom stereocenters. The first-order valence-electron chi connectivity index (χ1n) is 11.0. The summed E-state index contributed by atoms with van der Waals surface area (Å²) in [7, 11) is 3.81. The Morgan fingerprint density at radius 2 is 1.77 bits per heavy atom. The Labute approximate surface area is 187 Å². The minimum Gasteiger partial charge on any atom is -0.368 e. The summed E-state index contributed by atoms with van der Waals surface area (Å²) in [5.41, 5.74) is 7.77. The van der Waals surface area contributed by atoms with Crippen molar-refractivity contribution in [3.05, 3.63) is 34.5 Å². The van der Waals surface area contributed by atoms with Gasteiger partial charge in [0.1, 0.15) is 11.4 Å². The fraction of sp³-hybridized carbons (Fsp3) is 0.522. The predicted octanol–water partition coefficient (Wildman–Crippen LogP) is 2.82. The molecule has 0 radical (unpaired) electrons. The van der Waals surface area contributed by atoms with Crippen LogP contribution in [0.4, 0.5) is 5.82 Å². The lowest BCUT2D eigenvalue weighted by Gasteiger charge is -2.48. The van der Waals surface area contributed by atoms with Crippen LogP contribution >= 0.6 is 11.3 Å². The molecule has 2 fully saturated rings. The van der Waals surface area contributed by atoms with E-state index >= 15 is 0 Å². The Morgan fingerprint density at radius 1 is 1.06 bits per heavy atom. The molecule has 0 spiro atoms. The third-order valence-electron chi connectivity index (χ3n) is 6.64. The predicted molar refractivity (Wildman–Crippen MR) is 124 cm³/mol. The maximum absolute atomic E-state index is 13.4. The molecule has 31 heavy (non-hydrogen) atoms. The lowest BCUT2D eigenvalue weighted by molar-refractivity contribution is -0.134. The summed E-state index contributed by atoms with van der Waals surface area (Å²) in [5.74, 6) is 0.374. The summed E-state index contributed by atoms with van der Waals surface area (Å²) in [6.45, 7) is 2.88. The van der Waals surface area contributed by atoms with E-state index in [0.717, 1.165) is 37.2 Å². The van der Waals surface area contributed by atoms with Gasteiger partial charge in [-0.1, -0.05) is 6.42 Å². The van der Waals surface area contributed by atoms with E-state index in [9.17, 15) is 9.59 Å². The maximum atomic E-state index is 13.4. The van der Waals surface area contributed by atoms with E-state index in [4.69, 9.17) is 10.7 Å². The van der Waals surface area contributed by atoms with Gasteiger partial charge in [0.25, 0.3) is 5.91 Å². The van der Waals surface area contributed by atoms with Crippen LogP contribution in [-0.4, -0.2) is 72.4 Å². The van der Waals surface area contributed by atoms with Crippen LogP contribution in [0, 0.1) is 0 Å². The van der Waals surface area contributed by atoms with E-state index in [2.05, 4.69) is 10.3 Å². The number of rotatable bonds is 5. The van der Waals surface area contributed by atoms with Crippen molar-refractivity contribution in [1.29, 1.82) is 0 Å². The lowest BCUT2D eigenvalue weighted by Crippen LogP contribution is -2.63. The molecule has 2 aliphatic rings. The van der Waals surface area contributed by atoms with Gasteiger partial charge in [0.15, 0.2) is 0 Å². The minimum absolute atomic E-state index is 0.0372. The summed E-state index contributed by atoms with van der Waals surface area (Å²) in [5, 5.41) is 4.07. The fourth-order valence-corrected chi connectivity index (χ4v) is 5.47. The number of likely N-dealkylation sites (tertiary alicyclic amines) is 2. The van der Waals surface area contributed by atoms with E-state index in [1.54, 1.807) is 11.3 Å². The molecular weight excluding hydrogens is 410 g/mol. The first-order valence-corrected chi connectivity index (χ1v) is 11.9. The number of anilines is 1. The van der Waals surface area contributed by atoms with Gasteiger partial charge in [-0.2, -0.15) is 11.3 Å². The topological polar surface area (TPSA) is 82.8 Å². The fourth-order valence-electron chi connectivity index (χ4n) is 4.82. The number of amides is 2. The van der Waals surface area contributed by atoms with Crippen molar-refractivity contribution in [1.82, 2.24) is 14.8 Å². The highest BCUT2D eigenvalue weighted by Gasteiger charge is 2.46. The Balaban J connectivity index is 1.53. The van der Waals surface area contributed by atoms with Gasteiger partial charge in [0.05, 0.1) is 11.3 Å². The second-order valence-electron chi connectivity index (χ2n) is 8.71. The molecule has 166 valence electrons. The Morgan fingerprint density at radius 3 is 2.35 bits per heavy atom. The number of nitrogens with zero attached hydrogens (tertiary/aromatic N) is 4. The molecule has 2 aromatic heterocycles. The number of carbonyl (C=O) groups is 2. The number of hydrogen-bond acceptors (Lipinski definition) is 6. The average Bonchev–Trinajstić information content (AvgIpc) is 3.34. The molecule has 4 rings (SSSR count). The van der Waals surface area contributed by atoms with E-state index in [1.807, 2.05) is 47.5 Å². The summed E-state index contributed by atoms with van der Waals surface area (Å²) in [6, 6.07) is 5.81. The van der Waals surface area contributed by atoms with E-state index < -0.39 is 5.54 Å². The Bertz CT molecular complexity index is 929. The van der Waals surface area contributed by atoms with E-state index in [0.29, 0.717) is 37.3 Å². The number of thiophene rings is 1. The highest BCUT2D eigenvalue weighted by molar-refractivity contribution is 7.08. The normalized spacial score (nSPS) is 19.2. The van der Waals surface area contributed by atoms with Crippen LogP contribution in [0.15, 0.2) is 29.0 Å². The number of pyridine rings is 1. The second-order valence-corrected chi connectivity index (χ2v) is 9.49. The zero-order valence-electron chi connectivity index (χ0n) is 18.3. The van der Waals surface area contributed by atoms with Crippen LogP contribution in [0.3, 0.4) is 0 Å². The second kappa shape index (κ2) is 8.96. The smallest absolute Gasteiger partial charge is 0.257 e. The first-order chi connectivity index (χ1) is 14.9. The molecule has 7 nitrogen and oxygen atoms in total. The molecule has 8 heteroatoms. The van der Waals surface area contributed by atoms with Crippen LogP contribution in [0.25, 0.3) is 11.3 Å². The van der Waals surface area contributed by atoms with Crippen LogP contribution in [0.2, 0.25) is 0 Å². The van der Waals surface area contributed by atoms with Gasteiger partial charge in [0.2, 0.25) is 5.91 Å². The minimum atomic E-state index is -0.622. The molecule has 2 N–H and O–H groups in total. The van der Waals surface area contributed by atoms with Gasteiger partial charge in [-0.05, 0) is 62.4 Å². The van der Waals surface area contributed by atoms with Crippen LogP contribution in [-0.2, 0) is 4.79 Å². The van der Waals surface area contributed by atoms with E-state index in [-0.39, 0.29) is 11.8 Å². The molecule has 0 bridgehead atoms. The molecule has 0 aromatic carbocycles. The van der Waals surface area contributed by atoms with Gasteiger partial charge in [0, 0.05) is 38.1 Å². The van der Waals surface area contributed by atoms with Gasteiger partial charge in [-0.25, -0.2) is 4.98 Å². The Hall–Kier alpha value is -2.45. The van der Waals surface area contributed by atoms with Gasteiger partial charge < -0.3 is 15.5 Å². The number of hydrogen-bond donors (Lipinski definition) is 1. The quantitative estimate of drug-likeness (QED) is 0.772. The number of nitrogens with two attached hydrogens (primary N) is 1. The third kappa shape index (κ3) is 4.19. The molecule has 2 saturated heterocycles. The van der Waals surface area contributed by atoms with Gasteiger partial charge >= 0.3 is 0 Å². The van der Waals surface area contributed by atoms with E-state index in [1.165, 1.54) is 6.42 Å². The first kappa shape index (κ1) is 21.8. The van der Waals surface area contributed by atoms with Crippen LogP contribution in [0.5, 0.6) is 0 Å². The third-order valence-corrected chi connectivity index (χ3v) is 7.33. The van der Waals surface area contributed by atoms with Crippen molar-refractivity contribution in [3.8, 4) is 11.3 Å². The molecular formula is C23H31N5O2S. The molecule has 0 aliphatic carbocycles.